The van der Waals surface area contributed by atoms with Crippen molar-refractivity contribution in [1.82, 2.24) is 10.2 Å². The van der Waals surface area contributed by atoms with Crippen LogP contribution in [0.15, 0.2) is 30.5 Å². The highest BCUT2D eigenvalue weighted by Crippen LogP contribution is 2.21. The number of methoxy groups -OCH3 is 1. The van der Waals surface area contributed by atoms with E-state index < -0.39 is 5.97 Å². The van der Waals surface area contributed by atoms with Gasteiger partial charge in [-0.3, -0.25) is 0 Å². The van der Waals surface area contributed by atoms with Crippen LogP contribution in [0.5, 0.6) is 5.75 Å². The lowest BCUT2D eigenvalue weighted by Crippen LogP contribution is -2.12. The number of benzene rings is 1. The van der Waals surface area contributed by atoms with Crippen molar-refractivity contribution in [1.29, 1.82) is 0 Å². The highest BCUT2D eigenvalue weighted by molar-refractivity contribution is 5.84. The number of carbonyl (C=O) groups is 1. The topological polar surface area (TPSA) is 61.3 Å². The molecule has 0 atom stereocenters. The number of ether oxygens (including phenoxy) is 2. The summed E-state index contributed by atoms with van der Waals surface area (Å²) < 4.78 is 9.78. The van der Waals surface area contributed by atoms with Crippen molar-refractivity contribution in [2.45, 2.75) is 0 Å². The molecule has 0 unspecified atom stereocenters. The van der Waals surface area contributed by atoms with Crippen molar-refractivity contribution in [3.8, 4) is 5.75 Å². The average molecular weight is 218 g/mol. The van der Waals surface area contributed by atoms with Crippen LogP contribution in [0.1, 0.15) is 0 Å². The maximum absolute atomic E-state index is 10.9. The number of aromatic nitrogens is 2. The molecule has 0 aliphatic carbocycles. The van der Waals surface area contributed by atoms with E-state index in [1.165, 1.54) is 13.3 Å². The van der Waals surface area contributed by atoms with Crippen LogP contribution in [-0.4, -0.2) is 29.9 Å². The van der Waals surface area contributed by atoms with E-state index in [4.69, 9.17) is 4.74 Å². The minimum Gasteiger partial charge on any atom is -0.480 e. The van der Waals surface area contributed by atoms with E-state index in [2.05, 4.69) is 14.9 Å². The number of hydrogen-bond donors (Lipinski definition) is 0. The van der Waals surface area contributed by atoms with Crippen molar-refractivity contribution in [3.63, 3.8) is 0 Å². The van der Waals surface area contributed by atoms with Crippen LogP contribution >= 0.6 is 0 Å². The molecule has 0 aliphatic heterocycles. The number of esters is 1. The fourth-order valence-electron chi connectivity index (χ4n) is 1.29. The molecule has 0 fully saturated rings. The molecular formula is C11H10N2O3. The van der Waals surface area contributed by atoms with Crippen LogP contribution < -0.4 is 4.74 Å². The number of fused-ring (bicyclic) bond motifs is 1. The lowest BCUT2D eigenvalue weighted by atomic mass is 10.2. The Hall–Kier alpha value is -2.17. The van der Waals surface area contributed by atoms with Crippen molar-refractivity contribution < 1.29 is 14.3 Å². The second-order valence-corrected chi connectivity index (χ2v) is 3.09. The fraction of sp³-hybridized carbons (Fsp3) is 0.182. The van der Waals surface area contributed by atoms with Crippen molar-refractivity contribution in [3.05, 3.63) is 30.5 Å². The van der Waals surface area contributed by atoms with E-state index in [9.17, 15) is 4.79 Å². The predicted molar refractivity (Wildman–Crippen MR) is 57.0 cm³/mol. The summed E-state index contributed by atoms with van der Waals surface area (Å²) in [6.07, 6.45) is 1.48. The Balaban J connectivity index is 2.27. The predicted octanol–water partition coefficient (Wildman–Crippen LogP) is 1.18. The summed E-state index contributed by atoms with van der Waals surface area (Å²) in [5.74, 6) is 0.0943. The van der Waals surface area contributed by atoms with E-state index in [-0.39, 0.29) is 6.61 Å². The maximum atomic E-state index is 10.9. The lowest BCUT2D eigenvalue weighted by molar-refractivity contribution is -0.142. The molecule has 0 bridgehead atoms. The number of hydrogen-bond acceptors (Lipinski definition) is 5. The van der Waals surface area contributed by atoms with Crippen LogP contribution in [0.3, 0.4) is 0 Å². The van der Waals surface area contributed by atoms with Gasteiger partial charge in [0.05, 0.1) is 18.8 Å². The first kappa shape index (κ1) is 10.4. The summed E-state index contributed by atoms with van der Waals surface area (Å²) in [5, 5.41) is 8.55. The Kier molecular flexibility index (Phi) is 2.95. The molecule has 82 valence electrons. The van der Waals surface area contributed by atoms with E-state index in [1.807, 2.05) is 24.3 Å². The molecule has 0 N–H and O–H groups in total. The summed E-state index contributed by atoms with van der Waals surface area (Å²) in [6, 6.07) is 7.42. The molecular weight excluding hydrogens is 208 g/mol. The third kappa shape index (κ3) is 2.08. The Morgan fingerprint density at radius 2 is 2.19 bits per heavy atom. The lowest BCUT2D eigenvalue weighted by Gasteiger charge is -2.06. The van der Waals surface area contributed by atoms with E-state index in [0.717, 1.165) is 10.9 Å². The van der Waals surface area contributed by atoms with Crippen LogP contribution in [0.25, 0.3) is 10.9 Å². The molecule has 0 saturated heterocycles. The van der Waals surface area contributed by atoms with Gasteiger partial charge >= 0.3 is 5.97 Å². The molecule has 2 aromatic rings. The SMILES string of the molecule is COC(=O)COc1cnnc2ccccc12. The zero-order chi connectivity index (χ0) is 11.4. The standard InChI is InChI=1S/C11H10N2O3/c1-15-11(14)7-16-10-6-12-13-9-5-3-2-4-8(9)10/h2-6H,7H2,1H3. The van der Waals surface area contributed by atoms with Gasteiger partial charge in [-0.25, -0.2) is 4.79 Å². The first-order chi connectivity index (χ1) is 7.81. The molecule has 0 saturated carbocycles. The molecule has 0 radical (unpaired) electrons. The molecule has 1 aromatic heterocycles. The molecule has 0 aliphatic rings. The summed E-state index contributed by atoms with van der Waals surface area (Å²) in [4.78, 5) is 10.9. The molecule has 1 heterocycles. The Morgan fingerprint density at radius 1 is 1.38 bits per heavy atom. The molecule has 5 nitrogen and oxygen atoms in total. The van der Waals surface area contributed by atoms with Crippen molar-refractivity contribution in [2.24, 2.45) is 0 Å². The van der Waals surface area contributed by atoms with E-state index in [0.29, 0.717) is 5.75 Å². The third-order valence-corrected chi connectivity index (χ3v) is 2.08. The third-order valence-electron chi connectivity index (χ3n) is 2.08. The van der Waals surface area contributed by atoms with Crippen LogP contribution in [-0.2, 0) is 9.53 Å². The monoisotopic (exact) mass is 218 g/mol. The summed E-state index contributed by atoms with van der Waals surface area (Å²) in [7, 11) is 1.31. The van der Waals surface area contributed by atoms with Gasteiger partial charge in [0.1, 0.15) is 5.75 Å². The average Bonchev–Trinajstić information content (AvgIpc) is 2.35. The van der Waals surface area contributed by atoms with Crippen molar-refractivity contribution >= 4 is 16.9 Å². The fourth-order valence-corrected chi connectivity index (χ4v) is 1.29. The van der Waals surface area contributed by atoms with Gasteiger partial charge in [-0.2, -0.15) is 10.2 Å². The summed E-state index contributed by atoms with van der Waals surface area (Å²) in [6.45, 7) is -0.133. The van der Waals surface area contributed by atoms with Gasteiger partial charge in [-0.1, -0.05) is 12.1 Å². The molecule has 1 aromatic carbocycles. The molecule has 5 heteroatoms. The zero-order valence-corrected chi connectivity index (χ0v) is 8.71. The Labute approximate surface area is 92.0 Å². The molecule has 0 amide bonds. The first-order valence-electron chi connectivity index (χ1n) is 4.71. The van der Waals surface area contributed by atoms with Crippen LogP contribution in [0.2, 0.25) is 0 Å². The Morgan fingerprint density at radius 3 is 3.00 bits per heavy atom. The quantitative estimate of drug-likeness (QED) is 0.724. The minimum absolute atomic E-state index is 0.133. The van der Waals surface area contributed by atoms with Crippen LogP contribution in [0.4, 0.5) is 0 Å². The maximum Gasteiger partial charge on any atom is 0.343 e. The number of rotatable bonds is 3. The highest BCUT2D eigenvalue weighted by Gasteiger charge is 2.06. The largest absolute Gasteiger partial charge is 0.480 e. The van der Waals surface area contributed by atoms with E-state index >= 15 is 0 Å². The van der Waals surface area contributed by atoms with Gasteiger partial charge in [-0.05, 0) is 12.1 Å². The molecule has 0 spiro atoms. The normalized spacial score (nSPS) is 10.1. The first-order valence-corrected chi connectivity index (χ1v) is 4.71. The van der Waals surface area contributed by atoms with Gasteiger partial charge in [0, 0.05) is 5.39 Å². The number of carbonyl (C=O) groups excluding carboxylic acids is 1. The summed E-state index contributed by atoms with van der Waals surface area (Å²) in [5.41, 5.74) is 0.727. The van der Waals surface area contributed by atoms with Crippen LogP contribution in [0, 0.1) is 0 Å². The van der Waals surface area contributed by atoms with Gasteiger partial charge in [0.15, 0.2) is 6.61 Å². The summed E-state index contributed by atoms with van der Waals surface area (Å²) >= 11 is 0. The molecule has 2 rings (SSSR count). The second kappa shape index (κ2) is 4.57. The van der Waals surface area contributed by atoms with E-state index in [1.54, 1.807) is 0 Å². The zero-order valence-electron chi connectivity index (χ0n) is 8.71. The van der Waals surface area contributed by atoms with Crippen molar-refractivity contribution in [2.75, 3.05) is 13.7 Å². The van der Waals surface area contributed by atoms with Gasteiger partial charge in [-0.15, -0.1) is 0 Å². The second-order valence-electron chi connectivity index (χ2n) is 3.09. The van der Waals surface area contributed by atoms with Gasteiger partial charge < -0.3 is 9.47 Å². The van der Waals surface area contributed by atoms with Gasteiger partial charge in [0.25, 0.3) is 0 Å². The molecule has 16 heavy (non-hydrogen) atoms. The highest BCUT2D eigenvalue weighted by atomic mass is 16.6. The number of nitrogens with zero attached hydrogens (tertiary/aromatic N) is 2. The minimum atomic E-state index is -0.430. The smallest absolute Gasteiger partial charge is 0.343 e. The van der Waals surface area contributed by atoms with Gasteiger partial charge in [0.2, 0.25) is 0 Å². The Bertz CT molecular complexity index is 508.